The van der Waals surface area contributed by atoms with Crippen molar-refractivity contribution in [2.24, 2.45) is 0 Å². The number of hydrogen-bond donors (Lipinski definition) is 2. The van der Waals surface area contributed by atoms with E-state index in [0.717, 1.165) is 0 Å². The van der Waals surface area contributed by atoms with Crippen molar-refractivity contribution in [3.63, 3.8) is 0 Å². The largest absolute Gasteiger partial charge is 0.479 e. The third kappa shape index (κ3) is 1.29. The van der Waals surface area contributed by atoms with E-state index in [1.54, 1.807) is 6.92 Å². The topological polar surface area (TPSA) is 77.8 Å². The lowest BCUT2D eigenvalue weighted by molar-refractivity contribution is -0.165. The number of likely N-dealkylation sites (N-methyl/N-ethyl adjacent to an activating group) is 1. The maximum atomic E-state index is 10.9. The second kappa shape index (κ2) is 3.33. The van der Waals surface area contributed by atoms with Crippen LogP contribution >= 0.6 is 0 Å². The number of carboxylic acid groups (broad SMARTS) is 2. The highest BCUT2D eigenvalue weighted by molar-refractivity contribution is 6.03. The molecular weight excluding hydrogens is 174 g/mol. The second-order valence-corrected chi connectivity index (χ2v) is 3.15. The maximum absolute atomic E-state index is 10.9. The van der Waals surface area contributed by atoms with E-state index in [1.165, 1.54) is 4.90 Å². The van der Waals surface area contributed by atoms with Crippen LogP contribution in [0.4, 0.5) is 0 Å². The Hall–Kier alpha value is -1.10. The summed E-state index contributed by atoms with van der Waals surface area (Å²) in [6.07, 6.45) is 0.831. The van der Waals surface area contributed by atoms with Gasteiger partial charge in [-0.15, -0.1) is 0 Å². The monoisotopic (exact) mass is 187 g/mol. The minimum Gasteiger partial charge on any atom is -0.479 e. The van der Waals surface area contributed by atoms with Crippen molar-refractivity contribution in [1.29, 1.82) is 0 Å². The molecule has 0 aromatic carbocycles. The van der Waals surface area contributed by atoms with Crippen LogP contribution in [0.1, 0.15) is 19.8 Å². The van der Waals surface area contributed by atoms with Crippen molar-refractivity contribution in [3.8, 4) is 0 Å². The summed E-state index contributed by atoms with van der Waals surface area (Å²) in [4.78, 5) is 23.3. The van der Waals surface area contributed by atoms with Gasteiger partial charge in [-0.1, -0.05) is 6.92 Å². The summed E-state index contributed by atoms with van der Waals surface area (Å²) in [7, 11) is 0. The summed E-state index contributed by atoms with van der Waals surface area (Å²) in [6.45, 7) is 2.78. The first kappa shape index (κ1) is 9.98. The molecule has 2 N–H and O–H groups in total. The third-order valence-electron chi connectivity index (χ3n) is 2.60. The summed E-state index contributed by atoms with van der Waals surface area (Å²) in [5, 5.41) is 17.8. The molecule has 0 atom stereocenters. The molecular formula is C8H13NO4. The molecule has 74 valence electrons. The van der Waals surface area contributed by atoms with Crippen LogP contribution in [0.2, 0.25) is 0 Å². The first-order chi connectivity index (χ1) is 6.05. The molecule has 0 radical (unpaired) electrons. The molecule has 0 bridgehead atoms. The lowest BCUT2D eigenvalue weighted by atomic mass is 9.96. The van der Waals surface area contributed by atoms with E-state index in [9.17, 15) is 9.59 Å². The van der Waals surface area contributed by atoms with E-state index in [0.29, 0.717) is 19.5 Å². The van der Waals surface area contributed by atoms with Crippen LogP contribution in [0, 0.1) is 0 Å². The minimum absolute atomic E-state index is 0.200. The van der Waals surface area contributed by atoms with Gasteiger partial charge in [0.2, 0.25) is 5.54 Å². The van der Waals surface area contributed by atoms with E-state index in [-0.39, 0.29) is 6.42 Å². The Kier molecular flexibility index (Phi) is 2.56. The number of nitrogens with zero attached hydrogens (tertiary/aromatic N) is 1. The molecule has 1 heterocycles. The van der Waals surface area contributed by atoms with E-state index in [2.05, 4.69) is 0 Å². The van der Waals surface area contributed by atoms with E-state index in [1.807, 2.05) is 0 Å². The zero-order valence-electron chi connectivity index (χ0n) is 7.49. The van der Waals surface area contributed by atoms with Crippen molar-refractivity contribution in [1.82, 2.24) is 4.90 Å². The number of rotatable bonds is 3. The smallest absolute Gasteiger partial charge is 0.335 e. The molecule has 1 aliphatic heterocycles. The van der Waals surface area contributed by atoms with Gasteiger partial charge in [0.25, 0.3) is 0 Å². The molecule has 0 spiro atoms. The van der Waals surface area contributed by atoms with Crippen molar-refractivity contribution in [2.75, 3.05) is 13.1 Å². The minimum atomic E-state index is -1.67. The van der Waals surface area contributed by atoms with Gasteiger partial charge in [-0.2, -0.15) is 0 Å². The van der Waals surface area contributed by atoms with Crippen molar-refractivity contribution < 1.29 is 19.8 Å². The Balaban J connectivity index is 3.02. The molecule has 0 amide bonds. The molecule has 0 aromatic heterocycles. The lowest BCUT2D eigenvalue weighted by Crippen LogP contribution is -2.56. The van der Waals surface area contributed by atoms with Gasteiger partial charge in [-0.05, 0) is 25.9 Å². The Morgan fingerprint density at radius 2 is 1.92 bits per heavy atom. The van der Waals surface area contributed by atoms with Crippen molar-refractivity contribution in [2.45, 2.75) is 25.3 Å². The number of carbonyl (C=O) groups is 2. The fraction of sp³-hybridized carbons (Fsp3) is 0.750. The van der Waals surface area contributed by atoms with Crippen LogP contribution in [0.3, 0.4) is 0 Å². The Bertz CT molecular complexity index is 224. The molecule has 0 aliphatic carbocycles. The van der Waals surface area contributed by atoms with Crippen molar-refractivity contribution >= 4 is 11.9 Å². The molecule has 0 aromatic rings. The van der Waals surface area contributed by atoms with Gasteiger partial charge in [0.15, 0.2) is 0 Å². The van der Waals surface area contributed by atoms with Crippen molar-refractivity contribution in [3.05, 3.63) is 0 Å². The average molecular weight is 187 g/mol. The SMILES string of the molecule is CCN1CCCC1(C(=O)O)C(=O)O. The standard InChI is InChI=1S/C8H13NO4/c1-2-9-5-3-4-8(9,6(10)11)7(12)13/h2-5H2,1H3,(H,10,11)(H,12,13). The fourth-order valence-corrected chi connectivity index (χ4v) is 1.88. The zero-order valence-corrected chi connectivity index (χ0v) is 7.49. The third-order valence-corrected chi connectivity index (χ3v) is 2.60. The number of aliphatic carboxylic acids is 2. The molecule has 5 nitrogen and oxygen atoms in total. The Morgan fingerprint density at radius 3 is 2.23 bits per heavy atom. The first-order valence-electron chi connectivity index (χ1n) is 4.27. The summed E-state index contributed by atoms with van der Waals surface area (Å²) in [5.41, 5.74) is -1.67. The van der Waals surface area contributed by atoms with Crippen LogP contribution in [0.5, 0.6) is 0 Å². The summed E-state index contributed by atoms with van der Waals surface area (Å²) < 4.78 is 0. The predicted octanol–water partition coefficient (Wildman–Crippen LogP) is 0.0101. The van der Waals surface area contributed by atoms with Gasteiger partial charge in [0.05, 0.1) is 0 Å². The van der Waals surface area contributed by atoms with Gasteiger partial charge in [-0.25, -0.2) is 9.59 Å². The van der Waals surface area contributed by atoms with Crippen LogP contribution in [0.25, 0.3) is 0 Å². The zero-order chi connectivity index (χ0) is 10.1. The van der Waals surface area contributed by atoms with Gasteiger partial charge in [0.1, 0.15) is 0 Å². The molecule has 1 aliphatic rings. The second-order valence-electron chi connectivity index (χ2n) is 3.15. The van der Waals surface area contributed by atoms with Gasteiger partial charge in [0, 0.05) is 0 Å². The Labute approximate surface area is 76.0 Å². The van der Waals surface area contributed by atoms with Crippen LogP contribution < -0.4 is 0 Å². The number of likely N-dealkylation sites (tertiary alicyclic amines) is 1. The lowest BCUT2D eigenvalue weighted by Gasteiger charge is -2.29. The van der Waals surface area contributed by atoms with Gasteiger partial charge < -0.3 is 10.2 Å². The summed E-state index contributed by atoms with van der Waals surface area (Å²) in [5.74, 6) is -2.50. The summed E-state index contributed by atoms with van der Waals surface area (Å²) >= 11 is 0. The molecule has 0 unspecified atom stereocenters. The fourth-order valence-electron chi connectivity index (χ4n) is 1.88. The molecule has 13 heavy (non-hydrogen) atoms. The highest BCUT2D eigenvalue weighted by Gasteiger charge is 2.53. The maximum Gasteiger partial charge on any atom is 0.335 e. The van der Waals surface area contributed by atoms with Crippen LogP contribution in [-0.4, -0.2) is 45.7 Å². The Morgan fingerprint density at radius 1 is 1.38 bits per heavy atom. The van der Waals surface area contributed by atoms with E-state index >= 15 is 0 Å². The highest BCUT2D eigenvalue weighted by atomic mass is 16.4. The molecule has 5 heteroatoms. The van der Waals surface area contributed by atoms with Crippen LogP contribution in [-0.2, 0) is 9.59 Å². The number of hydrogen-bond acceptors (Lipinski definition) is 3. The first-order valence-corrected chi connectivity index (χ1v) is 4.27. The highest BCUT2D eigenvalue weighted by Crippen LogP contribution is 2.29. The van der Waals surface area contributed by atoms with Crippen LogP contribution in [0.15, 0.2) is 0 Å². The number of carboxylic acids is 2. The molecule has 1 fully saturated rings. The van der Waals surface area contributed by atoms with Gasteiger partial charge >= 0.3 is 11.9 Å². The predicted molar refractivity (Wildman–Crippen MR) is 44.5 cm³/mol. The quantitative estimate of drug-likeness (QED) is 0.608. The average Bonchev–Trinajstić information content (AvgIpc) is 2.47. The van der Waals surface area contributed by atoms with E-state index in [4.69, 9.17) is 10.2 Å². The van der Waals surface area contributed by atoms with Gasteiger partial charge in [-0.3, -0.25) is 4.90 Å². The van der Waals surface area contributed by atoms with E-state index < -0.39 is 17.5 Å². The normalized spacial score (nSPS) is 21.6. The molecule has 0 saturated carbocycles. The molecule has 1 rings (SSSR count). The summed E-state index contributed by atoms with van der Waals surface area (Å²) in [6, 6.07) is 0. The molecule has 1 saturated heterocycles.